The molecule has 2 heterocycles. The van der Waals surface area contributed by atoms with Gasteiger partial charge in [-0.15, -0.1) is 0 Å². The van der Waals surface area contributed by atoms with Crippen LogP contribution in [0, 0.1) is 0 Å². The van der Waals surface area contributed by atoms with Crippen LogP contribution in [-0.2, 0) is 4.74 Å². The minimum Gasteiger partial charge on any atom is -0.444 e. The van der Waals surface area contributed by atoms with Gasteiger partial charge in [-0.05, 0) is 39.3 Å². The fraction of sp³-hybridized carbons (Fsp3) is 0.571. The number of carbonyl (C=O) groups excluding carboxylic acids is 1. The van der Waals surface area contributed by atoms with E-state index in [1.54, 1.807) is 11.0 Å². The van der Waals surface area contributed by atoms with Crippen LogP contribution < -0.4 is 11.1 Å². The van der Waals surface area contributed by atoms with Crippen LogP contribution in [0.1, 0.15) is 27.2 Å². The van der Waals surface area contributed by atoms with Crippen molar-refractivity contribution in [2.24, 2.45) is 0 Å². The molecule has 1 saturated heterocycles. The molecule has 0 saturated carbocycles. The highest BCUT2D eigenvalue weighted by molar-refractivity contribution is 5.68. The molecule has 6 nitrogen and oxygen atoms in total. The second kappa shape index (κ2) is 5.56. The highest BCUT2D eigenvalue weighted by Gasteiger charge is 2.29. The highest BCUT2D eigenvalue weighted by Crippen LogP contribution is 2.18. The number of carbonyl (C=O) groups is 1. The molecular weight excluding hydrogens is 256 g/mol. The molecule has 1 amide bonds. The molecule has 6 heteroatoms. The first-order valence-electron chi connectivity index (χ1n) is 6.80. The van der Waals surface area contributed by atoms with Gasteiger partial charge >= 0.3 is 6.09 Å². The van der Waals surface area contributed by atoms with E-state index >= 15 is 0 Å². The number of likely N-dealkylation sites (tertiary alicyclic amines) is 1. The summed E-state index contributed by atoms with van der Waals surface area (Å²) in [5.74, 6) is 1.22. The average Bonchev–Trinajstić information content (AvgIpc) is 2.75. The Morgan fingerprint density at radius 1 is 1.50 bits per heavy atom. The molecule has 3 N–H and O–H groups in total. The Morgan fingerprint density at radius 2 is 2.25 bits per heavy atom. The third kappa shape index (κ3) is 4.01. The van der Waals surface area contributed by atoms with Gasteiger partial charge in [0.1, 0.15) is 17.2 Å². The number of ether oxygens (including phenoxy) is 1. The molecule has 1 aromatic rings. The molecular formula is C14H22N4O2. The lowest BCUT2D eigenvalue weighted by Gasteiger charge is -2.24. The smallest absolute Gasteiger partial charge is 0.410 e. The number of nitrogens with zero attached hydrogens (tertiary/aromatic N) is 2. The minimum absolute atomic E-state index is 0.178. The summed E-state index contributed by atoms with van der Waals surface area (Å²) in [6.45, 7) is 6.91. The standard InChI is InChI=1S/C14H22N4O2/c1-14(2,3)20-13(19)18-8-7-10(9-18)16-12-6-4-5-11(15)17-12/h4-6,10H,7-9H2,1-3H3,(H3,15,16,17)/t10-/m0/s1. The predicted molar refractivity (Wildman–Crippen MR) is 78.5 cm³/mol. The quantitative estimate of drug-likeness (QED) is 0.865. The minimum atomic E-state index is -0.460. The molecule has 0 aliphatic carbocycles. The number of nitrogen functional groups attached to an aromatic ring is 1. The van der Waals surface area contributed by atoms with Gasteiger partial charge in [0, 0.05) is 19.1 Å². The zero-order valence-corrected chi connectivity index (χ0v) is 12.2. The van der Waals surface area contributed by atoms with E-state index in [0.717, 1.165) is 12.2 Å². The van der Waals surface area contributed by atoms with Crippen LogP contribution in [0.4, 0.5) is 16.4 Å². The number of nitrogens with two attached hydrogens (primary N) is 1. The first-order chi connectivity index (χ1) is 9.33. The monoisotopic (exact) mass is 278 g/mol. The number of hydrogen-bond acceptors (Lipinski definition) is 5. The molecule has 1 aromatic heterocycles. The number of anilines is 2. The van der Waals surface area contributed by atoms with Gasteiger partial charge < -0.3 is 20.7 Å². The average molecular weight is 278 g/mol. The number of amides is 1. The fourth-order valence-electron chi connectivity index (χ4n) is 2.11. The maximum atomic E-state index is 12.0. The van der Waals surface area contributed by atoms with Crippen molar-refractivity contribution in [3.63, 3.8) is 0 Å². The Balaban J connectivity index is 1.88. The predicted octanol–water partition coefficient (Wildman–Crippen LogP) is 2.09. The van der Waals surface area contributed by atoms with Gasteiger partial charge in [-0.2, -0.15) is 0 Å². The Morgan fingerprint density at radius 3 is 2.90 bits per heavy atom. The van der Waals surface area contributed by atoms with E-state index in [2.05, 4.69) is 10.3 Å². The molecule has 1 fully saturated rings. The molecule has 1 aliphatic heterocycles. The van der Waals surface area contributed by atoms with Crippen molar-refractivity contribution in [3.05, 3.63) is 18.2 Å². The number of rotatable bonds is 2. The van der Waals surface area contributed by atoms with Crippen LogP contribution in [0.15, 0.2) is 18.2 Å². The molecule has 0 spiro atoms. The molecule has 110 valence electrons. The lowest BCUT2D eigenvalue weighted by Crippen LogP contribution is -2.36. The highest BCUT2D eigenvalue weighted by atomic mass is 16.6. The van der Waals surface area contributed by atoms with E-state index in [1.807, 2.05) is 32.9 Å². The Kier molecular flexibility index (Phi) is 4.01. The molecule has 1 atom stereocenters. The van der Waals surface area contributed by atoms with Gasteiger partial charge in [-0.1, -0.05) is 6.07 Å². The molecule has 20 heavy (non-hydrogen) atoms. The van der Waals surface area contributed by atoms with E-state index in [1.165, 1.54) is 0 Å². The van der Waals surface area contributed by atoms with Crippen LogP contribution in [0.2, 0.25) is 0 Å². The van der Waals surface area contributed by atoms with E-state index in [0.29, 0.717) is 18.9 Å². The van der Waals surface area contributed by atoms with Crippen molar-refractivity contribution in [3.8, 4) is 0 Å². The van der Waals surface area contributed by atoms with Crippen molar-refractivity contribution in [2.75, 3.05) is 24.1 Å². The van der Waals surface area contributed by atoms with Gasteiger partial charge in [0.05, 0.1) is 0 Å². The zero-order valence-electron chi connectivity index (χ0n) is 12.2. The van der Waals surface area contributed by atoms with Crippen molar-refractivity contribution < 1.29 is 9.53 Å². The largest absolute Gasteiger partial charge is 0.444 e. The molecule has 0 aromatic carbocycles. The van der Waals surface area contributed by atoms with Crippen LogP contribution in [0.5, 0.6) is 0 Å². The van der Waals surface area contributed by atoms with Crippen LogP contribution in [0.3, 0.4) is 0 Å². The SMILES string of the molecule is CC(C)(C)OC(=O)N1CC[C@H](Nc2cccc(N)n2)C1. The Bertz CT molecular complexity index is 484. The first kappa shape index (κ1) is 14.4. The Hall–Kier alpha value is -1.98. The second-order valence-corrected chi connectivity index (χ2v) is 6.00. The van der Waals surface area contributed by atoms with Crippen molar-refractivity contribution in [2.45, 2.75) is 38.8 Å². The lowest BCUT2D eigenvalue weighted by atomic mass is 10.2. The van der Waals surface area contributed by atoms with E-state index in [9.17, 15) is 4.79 Å². The summed E-state index contributed by atoms with van der Waals surface area (Å²) < 4.78 is 5.36. The van der Waals surface area contributed by atoms with Crippen molar-refractivity contribution in [1.82, 2.24) is 9.88 Å². The third-order valence-electron chi connectivity index (χ3n) is 2.96. The lowest BCUT2D eigenvalue weighted by molar-refractivity contribution is 0.0293. The summed E-state index contributed by atoms with van der Waals surface area (Å²) in [5, 5.41) is 3.29. The summed E-state index contributed by atoms with van der Waals surface area (Å²) in [6, 6.07) is 5.64. The number of hydrogen-bond donors (Lipinski definition) is 2. The maximum Gasteiger partial charge on any atom is 0.410 e. The van der Waals surface area contributed by atoms with Gasteiger partial charge in [0.25, 0.3) is 0 Å². The van der Waals surface area contributed by atoms with Crippen molar-refractivity contribution >= 4 is 17.7 Å². The summed E-state index contributed by atoms with van der Waals surface area (Å²) in [7, 11) is 0. The van der Waals surface area contributed by atoms with Gasteiger partial charge in [-0.3, -0.25) is 0 Å². The zero-order chi connectivity index (χ0) is 14.8. The molecule has 0 unspecified atom stereocenters. The van der Waals surface area contributed by atoms with Gasteiger partial charge in [-0.25, -0.2) is 9.78 Å². The maximum absolute atomic E-state index is 12.0. The number of pyridine rings is 1. The molecule has 0 radical (unpaired) electrons. The van der Waals surface area contributed by atoms with Crippen LogP contribution in [0.25, 0.3) is 0 Å². The summed E-state index contributed by atoms with van der Waals surface area (Å²) in [5.41, 5.74) is 5.18. The van der Waals surface area contributed by atoms with E-state index in [-0.39, 0.29) is 12.1 Å². The normalized spacial score (nSPS) is 18.9. The molecule has 0 bridgehead atoms. The molecule has 2 rings (SSSR count). The summed E-state index contributed by atoms with van der Waals surface area (Å²) in [4.78, 5) is 17.9. The summed E-state index contributed by atoms with van der Waals surface area (Å²) >= 11 is 0. The fourth-order valence-corrected chi connectivity index (χ4v) is 2.11. The number of nitrogens with one attached hydrogen (secondary N) is 1. The van der Waals surface area contributed by atoms with Gasteiger partial charge in [0.2, 0.25) is 0 Å². The van der Waals surface area contributed by atoms with E-state index in [4.69, 9.17) is 10.5 Å². The van der Waals surface area contributed by atoms with Crippen molar-refractivity contribution in [1.29, 1.82) is 0 Å². The summed E-state index contributed by atoms with van der Waals surface area (Å²) in [6.07, 6.45) is 0.609. The van der Waals surface area contributed by atoms with Crippen LogP contribution >= 0.6 is 0 Å². The van der Waals surface area contributed by atoms with Gasteiger partial charge in [0.15, 0.2) is 0 Å². The number of aromatic nitrogens is 1. The third-order valence-corrected chi connectivity index (χ3v) is 2.96. The Labute approximate surface area is 119 Å². The van der Waals surface area contributed by atoms with E-state index < -0.39 is 5.60 Å². The van der Waals surface area contributed by atoms with Crippen LogP contribution in [-0.4, -0.2) is 40.7 Å². The first-order valence-corrected chi connectivity index (χ1v) is 6.80. The topological polar surface area (TPSA) is 80.5 Å². The molecule has 1 aliphatic rings. The second-order valence-electron chi connectivity index (χ2n) is 6.00.